The topological polar surface area (TPSA) is 61.4 Å². The molecule has 1 saturated heterocycles. The van der Waals surface area contributed by atoms with Crippen LogP contribution in [0.4, 0.5) is 21.6 Å². The van der Waals surface area contributed by atoms with Crippen molar-refractivity contribution in [2.24, 2.45) is 0 Å². The lowest BCUT2D eigenvalue weighted by Crippen LogP contribution is -2.47. The fourth-order valence-electron chi connectivity index (χ4n) is 3.38. The van der Waals surface area contributed by atoms with Gasteiger partial charge in [-0.2, -0.15) is 0 Å². The lowest BCUT2D eigenvalue weighted by molar-refractivity contribution is 0.102. The first-order valence-corrected chi connectivity index (χ1v) is 9.56. The quantitative estimate of drug-likeness (QED) is 0.738. The zero-order valence-electron chi connectivity index (χ0n) is 16.2. The van der Waals surface area contributed by atoms with Crippen LogP contribution in [0, 0.1) is 12.7 Å². The van der Waals surface area contributed by atoms with Crippen molar-refractivity contribution in [3.8, 4) is 0 Å². The number of anilines is 3. The zero-order valence-corrected chi connectivity index (χ0v) is 16.2. The number of amides is 1. The monoisotopic (exact) mass is 391 g/mol. The summed E-state index contributed by atoms with van der Waals surface area (Å²) in [4.78, 5) is 16.8. The molecule has 1 N–H and O–H groups in total. The van der Waals surface area contributed by atoms with Crippen LogP contribution < -0.4 is 15.1 Å². The van der Waals surface area contributed by atoms with Crippen LogP contribution in [0.2, 0.25) is 0 Å². The molecule has 0 spiro atoms. The number of hydrogen-bond acceptors (Lipinski definition) is 5. The van der Waals surface area contributed by atoms with E-state index in [2.05, 4.69) is 56.5 Å². The highest BCUT2D eigenvalue weighted by Gasteiger charge is 2.19. The largest absolute Gasteiger partial charge is 0.368 e. The number of carbonyl (C=O) groups excluding carboxylic acids is 1. The Morgan fingerprint density at radius 3 is 2.38 bits per heavy atom. The maximum absolute atomic E-state index is 13.7. The molecule has 3 aromatic rings. The summed E-state index contributed by atoms with van der Waals surface area (Å²) in [6.45, 7) is 5.52. The van der Waals surface area contributed by atoms with Crippen molar-refractivity contribution in [1.82, 2.24) is 10.2 Å². The van der Waals surface area contributed by atoms with E-state index in [0.717, 1.165) is 32.0 Å². The van der Waals surface area contributed by atoms with Crippen LogP contribution in [-0.4, -0.2) is 42.3 Å². The van der Waals surface area contributed by atoms with Crippen molar-refractivity contribution in [1.29, 1.82) is 0 Å². The molecule has 1 aliphatic rings. The van der Waals surface area contributed by atoms with Gasteiger partial charge in [0.1, 0.15) is 5.82 Å². The second-order valence-corrected chi connectivity index (χ2v) is 7.02. The van der Waals surface area contributed by atoms with Gasteiger partial charge in [-0.25, -0.2) is 4.39 Å². The van der Waals surface area contributed by atoms with E-state index in [1.807, 2.05) is 0 Å². The average molecular weight is 391 g/mol. The summed E-state index contributed by atoms with van der Waals surface area (Å²) < 4.78 is 13.7. The van der Waals surface area contributed by atoms with Gasteiger partial charge in [0.25, 0.3) is 5.91 Å². The highest BCUT2D eigenvalue weighted by Crippen LogP contribution is 2.20. The van der Waals surface area contributed by atoms with E-state index in [1.54, 1.807) is 24.3 Å². The lowest BCUT2D eigenvalue weighted by atomic mass is 10.2. The molecular formula is C22H22FN5O. The first-order valence-electron chi connectivity index (χ1n) is 9.56. The Morgan fingerprint density at radius 1 is 0.931 bits per heavy atom. The highest BCUT2D eigenvalue weighted by molar-refractivity contribution is 6.02. The summed E-state index contributed by atoms with van der Waals surface area (Å²) in [6, 6.07) is 17.9. The molecule has 2 heterocycles. The van der Waals surface area contributed by atoms with Crippen molar-refractivity contribution in [3.63, 3.8) is 0 Å². The molecule has 7 heteroatoms. The Hall–Kier alpha value is -3.48. The van der Waals surface area contributed by atoms with E-state index < -0.39 is 11.7 Å². The van der Waals surface area contributed by atoms with Crippen molar-refractivity contribution < 1.29 is 9.18 Å². The van der Waals surface area contributed by atoms with Crippen LogP contribution in [0.3, 0.4) is 0 Å². The summed E-state index contributed by atoms with van der Waals surface area (Å²) in [5, 5.41) is 10.7. The van der Waals surface area contributed by atoms with Crippen molar-refractivity contribution >= 4 is 23.1 Å². The molecular weight excluding hydrogens is 369 g/mol. The van der Waals surface area contributed by atoms with Crippen LogP contribution in [0.25, 0.3) is 0 Å². The van der Waals surface area contributed by atoms with E-state index in [9.17, 15) is 9.18 Å². The number of carbonyl (C=O) groups is 1. The molecule has 4 rings (SSSR count). The van der Waals surface area contributed by atoms with Crippen LogP contribution in [0.5, 0.6) is 0 Å². The van der Waals surface area contributed by atoms with E-state index in [4.69, 9.17) is 0 Å². The Labute approximate surface area is 169 Å². The summed E-state index contributed by atoms with van der Waals surface area (Å²) in [7, 11) is 0. The molecule has 0 unspecified atom stereocenters. The van der Waals surface area contributed by atoms with Gasteiger partial charge in [0.2, 0.25) is 0 Å². The third-order valence-corrected chi connectivity index (χ3v) is 4.98. The fraction of sp³-hybridized carbons (Fsp3) is 0.227. The van der Waals surface area contributed by atoms with Crippen molar-refractivity contribution in [3.05, 3.63) is 77.7 Å². The third kappa shape index (κ3) is 4.34. The first kappa shape index (κ1) is 18.9. The number of halogens is 1. The standard InChI is InChI=1S/C22H22FN5O/c1-16-5-4-6-17(15-16)27-11-13-28(14-12-27)21-10-9-20(25-26-21)22(29)24-19-8-3-2-7-18(19)23/h2-10,15H,11-14H2,1H3,(H,24,29). The van der Waals surface area contributed by atoms with Crippen LogP contribution in [-0.2, 0) is 0 Å². The molecule has 2 aromatic carbocycles. The minimum atomic E-state index is -0.489. The molecule has 148 valence electrons. The lowest BCUT2D eigenvalue weighted by Gasteiger charge is -2.36. The molecule has 0 saturated carbocycles. The molecule has 0 bridgehead atoms. The Morgan fingerprint density at radius 2 is 1.69 bits per heavy atom. The third-order valence-electron chi connectivity index (χ3n) is 4.98. The second-order valence-electron chi connectivity index (χ2n) is 7.02. The minimum absolute atomic E-state index is 0.121. The minimum Gasteiger partial charge on any atom is -0.368 e. The highest BCUT2D eigenvalue weighted by atomic mass is 19.1. The smallest absolute Gasteiger partial charge is 0.276 e. The SMILES string of the molecule is Cc1cccc(N2CCN(c3ccc(C(=O)Nc4ccccc4F)nn3)CC2)c1. The first-order chi connectivity index (χ1) is 14.1. The number of aromatic nitrogens is 2. The Kier molecular flexibility index (Phi) is 5.37. The maximum atomic E-state index is 13.7. The molecule has 29 heavy (non-hydrogen) atoms. The van der Waals surface area contributed by atoms with E-state index >= 15 is 0 Å². The number of nitrogens with zero attached hydrogens (tertiary/aromatic N) is 4. The van der Waals surface area contributed by atoms with Crippen LogP contribution in [0.1, 0.15) is 16.1 Å². The Bertz CT molecular complexity index is 1000. The van der Waals surface area contributed by atoms with Gasteiger partial charge in [-0.3, -0.25) is 4.79 Å². The van der Waals surface area contributed by atoms with Gasteiger partial charge in [0.15, 0.2) is 11.5 Å². The van der Waals surface area contributed by atoms with Gasteiger partial charge in [-0.1, -0.05) is 24.3 Å². The molecule has 0 aliphatic carbocycles. The number of piperazine rings is 1. The van der Waals surface area contributed by atoms with E-state index in [1.165, 1.54) is 23.4 Å². The van der Waals surface area contributed by atoms with Gasteiger partial charge in [-0.15, -0.1) is 10.2 Å². The van der Waals surface area contributed by atoms with Gasteiger partial charge < -0.3 is 15.1 Å². The molecule has 1 fully saturated rings. The van der Waals surface area contributed by atoms with Gasteiger partial charge in [0.05, 0.1) is 5.69 Å². The zero-order chi connectivity index (χ0) is 20.2. The molecule has 0 radical (unpaired) electrons. The molecule has 1 aromatic heterocycles. The molecule has 6 nitrogen and oxygen atoms in total. The molecule has 1 aliphatic heterocycles. The van der Waals surface area contributed by atoms with Gasteiger partial charge in [0, 0.05) is 31.9 Å². The summed E-state index contributed by atoms with van der Waals surface area (Å²) in [5.41, 5.74) is 2.75. The van der Waals surface area contributed by atoms with Crippen LogP contribution in [0.15, 0.2) is 60.7 Å². The molecule has 0 atom stereocenters. The fourth-order valence-corrected chi connectivity index (χ4v) is 3.38. The summed E-state index contributed by atoms with van der Waals surface area (Å²) >= 11 is 0. The summed E-state index contributed by atoms with van der Waals surface area (Å²) in [5.74, 6) is -0.244. The number of hydrogen-bond donors (Lipinski definition) is 1. The van der Waals surface area contributed by atoms with E-state index in [-0.39, 0.29) is 11.4 Å². The van der Waals surface area contributed by atoms with Gasteiger partial charge >= 0.3 is 0 Å². The molecule has 1 amide bonds. The number of rotatable bonds is 4. The normalized spacial score (nSPS) is 14.0. The van der Waals surface area contributed by atoms with Crippen LogP contribution >= 0.6 is 0 Å². The number of aryl methyl sites for hydroxylation is 1. The van der Waals surface area contributed by atoms with Crippen molar-refractivity contribution in [2.45, 2.75) is 6.92 Å². The predicted octanol–water partition coefficient (Wildman–Crippen LogP) is 3.50. The number of nitrogens with one attached hydrogen (secondary N) is 1. The number of para-hydroxylation sites is 1. The number of benzene rings is 2. The Balaban J connectivity index is 1.37. The average Bonchev–Trinajstić information content (AvgIpc) is 2.75. The maximum Gasteiger partial charge on any atom is 0.276 e. The van der Waals surface area contributed by atoms with Gasteiger partial charge in [-0.05, 0) is 48.9 Å². The predicted molar refractivity (Wildman–Crippen MR) is 112 cm³/mol. The van der Waals surface area contributed by atoms with E-state index in [0.29, 0.717) is 0 Å². The van der Waals surface area contributed by atoms with Crippen molar-refractivity contribution in [2.75, 3.05) is 41.3 Å². The summed E-state index contributed by atoms with van der Waals surface area (Å²) in [6.07, 6.45) is 0. The second kappa shape index (κ2) is 8.26.